The van der Waals surface area contributed by atoms with Crippen molar-refractivity contribution in [2.75, 3.05) is 7.11 Å². The molecule has 1 fully saturated rings. The summed E-state index contributed by atoms with van der Waals surface area (Å²) in [7, 11) is 1.49. The molecule has 2 rings (SSSR count). The highest BCUT2D eigenvalue weighted by molar-refractivity contribution is 5.30. The van der Waals surface area contributed by atoms with Crippen molar-refractivity contribution in [1.29, 1.82) is 0 Å². The van der Waals surface area contributed by atoms with E-state index in [4.69, 9.17) is 4.74 Å². The molecule has 0 amide bonds. The Morgan fingerprint density at radius 1 is 1.20 bits per heavy atom. The molecule has 3 atom stereocenters. The van der Waals surface area contributed by atoms with Gasteiger partial charge in [-0.25, -0.2) is 4.39 Å². The summed E-state index contributed by atoms with van der Waals surface area (Å²) in [5.74, 6) is 1.57. The quantitative estimate of drug-likeness (QED) is 0.886. The van der Waals surface area contributed by atoms with E-state index in [0.717, 1.165) is 17.4 Å². The van der Waals surface area contributed by atoms with E-state index in [0.29, 0.717) is 11.8 Å². The Bertz CT molecular complexity index is 439. The minimum atomic E-state index is -0.288. The lowest BCUT2D eigenvalue weighted by molar-refractivity contribution is 0.228. The summed E-state index contributed by atoms with van der Waals surface area (Å²) in [6, 6.07) is 5.92. The van der Waals surface area contributed by atoms with Crippen LogP contribution < -0.4 is 10.1 Å². The van der Waals surface area contributed by atoms with E-state index in [2.05, 4.69) is 26.1 Å². The molecule has 1 N–H and O–H groups in total. The molecule has 2 nitrogen and oxygen atoms in total. The average molecular weight is 279 g/mol. The molecule has 1 aromatic carbocycles. The topological polar surface area (TPSA) is 21.3 Å². The van der Waals surface area contributed by atoms with Gasteiger partial charge in [0.2, 0.25) is 0 Å². The number of halogens is 1. The van der Waals surface area contributed by atoms with Gasteiger partial charge in [-0.2, -0.15) is 0 Å². The summed E-state index contributed by atoms with van der Waals surface area (Å²) in [4.78, 5) is 0. The van der Waals surface area contributed by atoms with Crippen LogP contribution in [0.25, 0.3) is 0 Å². The highest BCUT2D eigenvalue weighted by Crippen LogP contribution is 2.30. The van der Waals surface area contributed by atoms with Crippen LogP contribution in [0.4, 0.5) is 4.39 Å². The van der Waals surface area contributed by atoms with Crippen LogP contribution in [-0.4, -0.2) is 13.2 Å². The number of hydrogen-bond acceptors (Lipinski definition) is 2. The van der Waals surface area contributed by atoms with Crippen LogP contribution in [0.5, 0.6) is 5.75 Å². The van der Waals surface area contributed by atoms with E-state index < -0.39 is 0 Å². The predicted molar refractivity (Wildman–Crippen MR) is 80.5 cm³/mol. The van der Waals surface area contributed by atoms with Gasteiger partial charge < -0.3 is 10.1 Å². The first-order chi connectivity index (χ1) is 9.49. The Morgan fingerprint density at radius 3 is 2.40 bits per heavy atom. The van der Waals surface area contributed by atoms with Crippen LogP contribution in [0.3, 0.4) is 0 Å². The predicted octanol–water partition coefficient (Wildman–Crippen LogP) is 4.31. The molecule has 0 spiro atoms. The fourth-order valence-corrected chi connectivity index (χ4v) is 3.48. The molecule has 20 heavy (non-hydrogen) atoms. The van der Waals surface area contributed by atoms with E-state index >= 15 is 0 Å². The van der Waals surface area contributed by atoms with Crippen molar-refractivity contribution >= 4 is 0 Å². The molecule has 0 radical (unpaired) electrons. The minimum Gasteiger partial charge on any atom is -0.494 e. The fraction of sp³-hybridized carbons (Fsp3) is 0.647. The van der Waals surface area contributed by atoms with Gasteiger partial charge in [-0.15, -0.1) is 0 Å². The lowest BCUT2D eigenvalue weighted by atomic mass is 9.80. The number of methoxy groups -OCH3 is 1. The van der Waals surface area contributed by atoms with Crippen molar-refractivity contribution in [3.63, 3.8) is 0 Å². The van der Waals surface area contributed by atoms with E-state index in [9.17, 15) is 4.39 Å². The van der Waals surface area contributed by atoms with Gasteiger partial charge in [-0.3, -0.25) is 0 Å². The summed E-state index contributed by atoms with van der Waals surface area (Å²) < 4.78 is 18.7. The Labute approximate surface area is 121 Å². The van der Waals surface area contributed by atoms with Gasteiger partial charge in [0.25, 0.3) is 0 Å². The SMILES string of the molecule is COc1ccc(C(C)NC2CC(C)CC(C)C2)cc1F. The van der Waals surface area contributed by atoms with Gasteiger partial charge in [0, 0.05) is 12.1 Å². The molecule has 0 saturated heterocycles. The second-order valence-corrected chi connectivity index (χ2v) is 6.40. The monoisotopic (exact) mass is 279 g/mol. The summed E-state index contributed by atoms with van der Waals surface area (Å²) in [6.45, 7) is 6.75. The van der Waals surface area contributed by atoms with Crippen LogP contribution in [0.2, 0.25) is 0 Å². The lowest BCUT2D eigenvalue weighted by Gasteiger charge is -2.34. The molecule has 1 aliphatic carbocycles. The molecular weight excluding hydrogens is 253 g/mol. The van der Waals surface area contributed by atoms with Gasteiger partial charge in [-0.1, -0.05) is 19.9 Å². The zero-order valence-electron chi connectivity index (χ0n) is 12.9. The van der Waals surface area contributed by atoms with Gasteiger partial charge in [0.1, 0.15) is 0 Å². The maximum Gasteiger partial charge on any atom is 0.165 e. The third-order valence-electron chi connectivity index (χ3n) is 4.34. The molecular formula is C17H26FNO. The Kier molecular flexibility index (Phi) is 5.03. The van der Waals surface area contributed by atoms with Crippen molar-refractivity contribution in [2.45, 2.75) is 52.1 Å². The van der Waals surface area contributed by atoms with E-state index in [1.807, 2.05) is 6.07 Å². The molecule has 1 aromatic rings. The Hall–Kier alpha value is -1.09. The summed E-state index contributed by atoms with van der Waals surface area (Å²) >= 11 is 0. The number of rotatable bonds is 4. The van der Waals surface area contributed by atoms with Crippen LogP contribution in [0.15, 0.2) is 18.2 Å². The summed E-state index contributed by atoms with van der Waals surface area (Å²) in [5.41, 5.74) is 0.981. The third-order valence-corrected chi connectivity index (χ3v) is 4.34. The second-order valence-electron chi connectivity index (χ2n) is 6.40. The maximum absolute atomic E-state index is 13.8. The van der Waals surface area contributed by atoms with Crippen molar-refractivity contribution in [3.05, 3.63) is 29.6 Å². The summed E-state index contributed by atoms with van der Waals surface area (Å²) in [5, 5.41) is 3.65. The van der Waals surface area contributed by atoms with Crippen molar-refractivity contribution in [2.24, 2.45) is 11.8 Å². The van der Waals surface area contributed by atoms with Crippen LogP contribution in [0.1, 0.15) is 51.6 Å². The van der Waals surface area contributed by atoms with E-state index in [-0.39, 0.29) is 11.9 Å². The number of nitrogens with one attached hydrogen (secondary N) is 1. The molecule has 1 saturated carbocycles. The smallest absolute Gasteiger partial charge is 0.165 e. The van der Waals surface area contributed by atoms with Crippen LogP contribution in [-0.2, 0) is 0 Å². The molecule has 0 heterocycles. The molecule has 112 valence electrons. The Balaban J connectivity index is 2.00. The lowest BCUT2D eigenvalue weighted by Crippen LogP contribution is -2.37. The van der Waals surface area contributed by atoms with Crippen molar-refractivity contribution < 1.29 is 9.13 Å². The number of benzene rings is 1. The molecule has 3 heteroatoms. The highest BCUT2D eigenvalue weighted by atomic mass is 19.1. The average Bonchev–Trinajstić information content (AvgIpc) is 2.37. The first-order valence-electron chi connectivity index (χ1n) is 7.59. The highest BCUT2D eigenvalue weighted by Gasteiger charge is 2.25. The van der Waals surface area contributed by atoms with E-state index in [1.54, 1.807) is 12.1 Å². The largest absolute Gasteiger partial charge is 0.494 e. The second kappa shape index (κ2) is 6.57. The van der Waals surface area contributed by atoms with E-state index in [1.165, 1.54) is 26.4 Å². The van der Waals surface area contributed by atoms with Gasteiger partial charge in [0.05, 0.1) is 7.11 Å². The summed E-state index contributed by atoms with van der Waals surface area (Å²) in [6.07, 6.45) is 3.75. The molecule has 0 aliphatic heterocycles. The zero-order chi connectivity index (χ0) is 14.7. The molecule has 1 aliphatic rings. The number of ether oxygens (including phenoxy) is 1. The van der Waals surface area contributed by atoms with Gasteiger partial charge >= 0.3 is 0 Å². The fourth-order valence-electron chi connectivity index (χ4n) is 3.48. The maximum atomic E-state index is 13.8. The molecule has 0 aromatic heterocycles. The standard InChI is InChI=1S/C17H26FNO/c1-11-7-12(2)9-15(8-11)19-13(3)14-5-6-17(20-4)16(18)10-14/h5-6,10-13,15,19H,7-9H2,1-4H3. The Morgan fingerprint density at radius 2 is 1.85 bits per heavy atom. The van der Waals surface area contributed by atoms with Gasteiger partial charge in [-0.05, 0) is 55.7 Å². The minimum absolute atomic E-state index is 0.165. The van der Waals surface area contributed by atoms with Gasteiger partial charge in [0.15, 0.2) is 11.6 Å². The molecule has 0 bridgehead atoms. The normalized spacial score (nSPS) is 28.1. The first kappa shape index (κ1) is 15.3. The zero-order valence-corrected chi connectivity index (χ0v) is 12.9. The van der Waals surface area contributed by atoms with Crippen molar-refractivity contribution in [1.82, 2.24) is 5.32 Å². The van der Waals surface area contributed by atoms with Crippen LogP contribution in [0, 0.1) is 17.7 Å². The first-order valence-corrected chi connectivity index (χ1v) is 7.59. The number of hydrogen-bond donors (Lipinski definition) is 1. The third kappa shape index (κ3) is 3.72. The van der Waals surface area contributed by atoms with Crippen LogP contribution >= 0.6 is 0 Å². The molecule has 3 unspecified atom stereocenters. The van der Waals surface area contributed by atoms with Crippen molar-refractivity contribution in [3.8, 4) is 5.75 Å².